The molecule has 0 radical (unpaired) electrons. The second-order valence-electron chi connectivity index (χ2n) is 5.13. The molecule has 1 aromatic heterocycles. The Kier molecular flexibility index (Phi) is 4.51. The molecule has 0 saturated carbocycles. The predicted molar refractivity (Wildman–Crippen MR) is 81.1 cm³/mol. The lowest BCUT2D eigenvalue weighted by Gasteiger charge is -2.33. The highest BCUT2D eigenvalue weighted by atomic mass is 15.2. The third kappa shape index (κ3) is 2.94. The summed E-state index contributed by atoms with van der Waals surface area (Å²) in [6.07, 6.45) is 1.83. The Morgan fingerprint density at radius 2 is 2.05 bits per heavy atom. The molecule has 0 aliphatic carbocycles. The van der Waals surface area contributed by atoms with Crippen LogP contribution in [0.1, 0.15) is 32.4 Å². The number of likely N-dealkylation sites (N-methyl/N-ethyl adjacent to an activating group) is 1. The van der Waals surface area contributed by atoms with Crippen LogP contribution in [0.15, 0.2) is 36.5 Å². The minimum absolute atomic E-state index is 0.273. The predicted octanol–water partition coefficient (Wildman–Crippen LogP) is 2.96. The van der Waals surface area contributed by atoms with Gasteiger partial charge >= 0.3 is 0 Å². The highest BCUT2D eigenvalue weighted by molar-refractivity contribution is 5.79. The summed E-state index contributed by atoms with van der Waals surface area (Å²) < 4.78 is 0. The van der Waals surface area contributed by atoms with Crippen molar-refractivity contribution in [1.29, 1.82) is 0 Å². The summed E-state index contributed by atoms with van der Waals surface area (Å²) in [5, 5.41) is 1.18. The van der Waals surface area contributed by atoms with Gasteiger partial charge in [-0.1, -0.05) is 19.1 Å². The summed E-state index contributed by atoms with van der Waals surface area (Å²) in [5.41, 5.74) is 8.32. The van der Waals surface area contributed by atoms with E-state index in [-0.39, 0.29) is 6.04 Å². The fourth-order valence-corrected chi connectivity index (χ4v) is 2.71. The van der Waals surface area contributed by atoms with E-state index in [0.29, 0.717) is 12.6 Å². The van der Waals surface area contributed by atoms with Gasteiger partial charge in [0.1, 0.15) is 0 Å². The van der Waals surface area contributed by atoms with E-state index in [4.69, 9.17) is 5.73 Å². The molecule has 1 heterocycles. The van der Waals surface area contributed by atoms with Crippen LogP contribution in [0, 0.1) is 0 Å². The van der Waals surface area contributed by atoms with E-state index < -0.39 is 0 Å². The molecule has 3 nitrogen and oxygen atoms in total. The van der Waals surface area contributed by atoms with E-state index in [9.17, 15) is 0 Å². The largest absolute Gasteiger partial charge is 0.329 e. The zero-order valence-electron chi connectivity index (χ0n) is 12.0. The van der Waals surface area contributed by atoms with E-state index >= 15 is 0 Å². The lowest BCUT2D eigenvalue weighted by atomic mass is 10.0. The van der Waals surface area contributed by atoms with Crippen molar-refractivity contribution in [2.75, 3.05) is 13.1 Å². The van der Waals surface area contributed by atoms with Gasteiger partial charge in [-0.15, -0.1) is 0 Å². The molecule has 2 rings (SSSR count). The Labute approximate surface area is 115 Å². The minimum Gasteiger partial charge on any atom is -0.329 e. The molecule has 1 unspecified atom stereocenters. The second-order valence-corrected chi connectivity index (χ2v) is 5.13. The number of fused-ring (bicyclic) bond motifs is 1. The quantitative estimate of drug-likeness (QED) is 0.895. The number of aromatic nitrogens is 1. The lowest BCUT2D eigenvalue weighted by Crippen LogP contribution is -2.38. The molecule has 2 N–H and O–H groups in total. The number of hydrogen-bond donors (Lipinski definition) is 1. The molecule has 102 valence electrons. The van der Waals surface area contributed by atoms with Gasteiger partial charge in [0.25, 0.3) is 0 Å². The smallest absolute Gasteiger partial charge is 0.0702 e. The fraction of sp³-hybridized carbons (Fsp3) is 0.438. The first kappa shape index (κ1) is 14.0. The molecule has 0 spiro atoms. The Balaban J connectivity index is 2.40. The molecule has 2 aromatic rings. The average molecular weight is 257 g/mol. The zero-order valence-corrected chi connectivity index (χ0v) is 12.0. The van der Waals surface area contributed by atoms with Gasteiger partial charge < -0.3 is 5.73 Å². The van der Waals surface area contributed by atoms with E-state index in [1.807, 2.05) is 12.3 Å². The second kappa shape index (κ2) is 6.13. The first-order valence-electron chi connectivity index (χ1n) is 6.97. The van der Waals surface area contributed by atoms with Gasteiger partial charge in [-0.3, -0.25) is 9.88 Å². The highest BCUT2D eigenvalue weighted by Gasteiger charge is 2.20. The number of hydrogen-bond acceptors (Lipinski definition) is 3. The monoisotopic (exact) mass is 257 g/mol. The van der Waals surface area contributed by atoms with Gasteiger partial charge in [0, 0.05) is 30.2 Å². The van der Waals surface area contributed by atoms with Crippen LogP contribution in [0.4, 0.5) is 0 Å². The molecule has 1 aromatic carbocycles. The summed E-state index contributed by atoms with van der Waals surface area (Å²) in [5.74, 6) is 0. The molecule has 1 atom stereocenters. The summed E-state index contributed by atoms with van der Waals surface area (Å²) in [4.78, 5) is 6.79. The molecule has 0 saturated heterocycles. The number of nitrogens with two attached hydrogens (primary N) is 1. The van der Waals surface area contributed by atoms with Gasteiger partial charge in [0.2, 0.25) is 0 Å². The van der Waals surface area contributed by atoms with E-state index in [1.165, 1.54) is 10.9 Å². The first-order chi connectivity index (χ1) is 9.17. The molecule has 19 heavy (non-hydrogen) atoms. The van der Waals surface area contributed by atoms with Crippen molar-refractivity contribution in [3.05, 3.63) is 42.1 Å². The van der Waals surface area contributed by atoms with E-state index in [1.54, 1.807) is 0 Å². The summed E-state index contributed by atoms with van der Waals surface area (Å²) in [6.45, 7) is 8.26. The number of rotatable bonds is 5. The van der Waals surface area contributed by atoms with Gasteiger partial charge in [-0.05, 0) is 44.2 Å². The third-order valence-corrected chi connectivity index (χ3v) is 3.66. The van der Waals surface area contributed by atoms with Crippen LogP contribution >= 0.6 is 0 Å². The van der Waals surface area contributed by atoms with Crippen molar-refractivity contribution >= 4 is 10.9 Å². The molecule has 0 aliphatic heterocycles. The van der Waals surface area contributed by atoms with Crippen molar-refractivity contribution in [3.63, 3.8) is 0 Å². The minimum atomic E-state index is 0.273. The van der Waals surface area contributed by atoms with Crippen LogP contribution < -0.4 is 5.73 Å². The number of benzene rings is 1. The molecule has 0 bridgehead atoms. The van der Waals surface area contributed by atoms with Crippen molar-refractivity contribution in [2.24, 2.45) is 5.73 Å². The van der Waals surface area contributed by atoms with E-state index in [0.717, 1.165) is 12.1 Å². The van der Waals surface area contributed by atoms with Gasteiger partial charge in [0.15, 0.2) is 0 Å². The summed E-state index contributed by atoms with van der Waals surface area (Å²) >= 11 is 0. The van der Waals surface area contributed by atoms with Crippen LogP contribution in [0.2, 0.25) is 0 Å². The highest BCUT2D eigenvalue weighted by Crippen LogP contribution is 2.24. The molecule has 3 heteroatoms. The normalized spacial score (nSPS) is 13.4. The first-order valence-corrected chi connectivity index (χ1v) is 6.97. The Hall–Kier alpha value is -1.45. The van der Waals surface area contributed by atoms with Crippen LogP contribution in [-0.4, -0.2) is 29.0 Å². The molecule has 0 aliphatic rings. The SMILES string of the molecule is CCN(C(C)C)C(CN)c1ccc2ncccc2c1. The molecular weight excluding hydrogens is 234 g/mol. The fourth-order valence-electron chi connectivity index (χ4n) is 2.71. The van der Waals surface area contributed by atoms with Gasteiger partial charge in [0.05, 0.1) is 5.52 Å². The van der Waals surface area contributed by atoms with Crippen LogP contribution in [0.5, 0.6) is 0 Å². The van der Waals surface area contributed by atoms with Crippen molar-refractivity contribution in [2.45, 2.75) is 32.9 Å². The summed E-state index contributed by atoms with van der Waals surface area (Å²) in [6, 6.07) is 11.3. The van der Waals surface area contributed by atoms with Gasteiger partial charge in [-0.25, -0.2) is 0 Å². The van der Waals surface area contributed by atoms with E-state index in [2.05, 4.69) is 54.9 Å². The van der Waals surface area contributed by atoms with Crippen molar-refractivity contribution in [1.82, 2.24) is 9.88 Å². The topological polar surface area (TPSA) is 42.1 Å². The maximum Gasteiger partial charge on any atom is 0.0702 e. The zero-order chi connectivity index (χ0) is 13.8. The summed E-state index contributed by atoms with van der Waals surface area (Å²) in [7, 11) is 0. The Bertz CT molecular complexity index is 536. The molecule has 0 amide bonds. The molecule has 0 fully saturated rings. The molecular formula is C16H23N3. The maximum absolute atomic E-state index is 6.01. The Morgan fingerprint density at radius 3 is 2.68 bits per heavy atom. The van der Waals surface area contributed by atoms with Crippen molar-refractivity contribution < 1.29 is 0 Å². The third-order valence-electron chi connectivity index (χ3n) is 3.66. The van der Waals surface area contributed by atoms with Crippen LogP contribution in [0.25, 0.3) is 10.9 Å². The maximum atomic E-state index is 6.01. The van der Waals surface area contributed by atoms with Gasteiger partial charge in [-0.2, -0.15) is 0 Å². The van der Waals surface area contributed by atoms with Crippen molar-refractivity contribution in [3.8, 4) is 0 Å². The number of pyridine rings is 1. The standard InChI is InChI=1S/C16H23N3/c1-4-19(12(2)3)16(11-17)14-7-8-15-13(10-14)6-5-9-18-15/h5-10,12,16H,4,11,17H2,1-3H3. The average Bonchev–Trinajstić information content (AvgIpc) is 2.43. The van der Waals surface area contributed by atoms with Crippen LogP contribution in [0.3, 0.4) is 0 Å². The number of nitrogens with zero attached hydrogens (tertiary/aromatic N) is 2. The lowest BCUT2D eigenvalue weighted by molar-refractivity contribution is 0.167. The Morgan fingerprint density at radius 1 is 1.26 bits per heavy atom. The van der Waals surface area contributed by atoms with Crippen LogP contribution in [-0.2, 0) is 0 Å².